The molecule has 0 aliphatic carbocycles. The van der Waals surface area contributed by atoms with Crippen molar-refractivity contribution in [3.8, 4) is 0 Å². The standard InChI is InChI=1S/C16H21NO/c1-11-3-2-4-13(7-11)16(18)10-12-8-14-5-6-15(9-12)17-14/h2-4,7,12,14-15,17H,5-6,8-10H2,1H3. The highest BCUT2D eigenvalue weighted by atomic mass is 16.1. The second-order valence-corrected chi connectivity index (χ2v) is 5.97. The van der Waals surface area contributed by atoms with Crippen LogP contribution < -0.4 is 5.32 Å². The molecule has 1 N–H and O–H groups in total. The van der Waals surface area contributed by atoms with Crippen LogP contribution in [0.15, 0.2) is 24.3 Å². The number of piperidine rings is 1. The largest absolute Gasteiger partial charge is 0.311 e. The summed E-state index contributed by atoms with van der Waals surface area (Å²) in [6.07, 6.45) is 5.72. The summed E-state index contributed by atoms with van der Waals surface area (Å²) in [6.45, 7) is 2.04. The fourth-order valence-electron chi connectivity index (χ4n) is 3.54. The van der Waals surface area contributed by atoms with Crippen molar-refractivity contribution in [3.05, 3.63) is 35.4 Å². The molecule has 2 aliphatic heterocycles. The van der Waals surface area contributed by atoms with Crippen LogP contribution in [0.25, 0.3) is 0 Å². The fourth-order valence-corrected chi connectivity index (χ4v) is 3.54. The zero-order valence-electron chi connectivity index (χ0n) is 11.0. The van der Waals surface area contributed by atoms with Gasteiger partial charge >= 0.3 is 0 Å². The Balaban J connectivity index is 1.64. The van der Waals surface area contributed by atoms with Crippen molar-refractivity contribution in [1.29, 1.82) is 0 Å². The first kappa shape index (κ1) is 11.9. The molecule has 2 bridgehead atoms. The van der Waals surface area contributed by atoms with E-state index in [4.69, 9.17) is 0 Å². The molecule has 2 fully saturated rings. The average Bonchev–Trinajstić information content (AvgIpc) is 2.69. The number of aryl methyl sites for hydroxylation is 1. The predicted molar refractivity (Wildman–Crippen MR) is 72.8 cm³/mol. The Morgan fingerprint density at radius 3 is 2.67 bits per heavy atom. The molecule has 2 nitrogen and oxygen atoms in total. The smallest absolute Gasteiger partial charge is 0.163 e. The van der Waals surface area contributed by atoms with Gasteiger partial charge in [-0.25, -0.2) is 0 Å². The first-order valence-electron chi connectivity index (χ1n) is 7.06. The Hall–Kier alpha value is -1.15. The van der Waals surface area contributed by atoms with E-state index < -0.39 is 0 Å². The van der Waals surface area contributed by atoms with Crippen LogP contribution in [-0.4, -0.2) is 17.9 Å². The van der Waals surface area contributed by atoms with E-state index in [1.807, 2.05) is 31.2 Å². The Morgan fingerprint density at radius 2 is 2.00 bits per heavy atom. The topological polar surface area (TPSA) is 29.1 Å². The minimum Gasteiger partial charge on any atom is -0.311 e. The lowest BCUT2D eigenvalue weighted by molar-refractivity contribution is 0.0945. The number of ketones is 1. The van der Waals surface area contributed by atoms with Gasteiger partial charge in [0, 0.05) is 24.1 Å². The van der Waals surface area contributed by atoms with Gasteiger partial charge in [0.2, 0.25) is 0 Å². The van der Waals surface area contributed by atoms with Crippen molar-refractivity contribution in [2.45, 2.75) is 51.1 Å². The second-order valence-electron chi connectivity index (χ2n) is 5.97. The Kier molecular flexibility index (Phi) is 3.21. The van der Waals surface area contributed by atoms with Crippen LogP contribution in [0.2, 0.25) is 0 Å². The van der Waals surface area contributed by atoms with Crippen LogP contribution >= 0.6 is 0 Å². The molecular weight excluding hydrogens is 222 g/mol. The predicted octanol–water partition coefficient (Wildman–Crippen LogP) is 3.10. The van der Waals surface area contributed by atoms with Gasteiger partial charge in [-0.05, 0) is 44.6 Å². The highest BCUT2D eigenvalue weighted by Crippen LogP contribution is 2.33. The van der Waals surface area contributed by atoms with Crippen molar-refractivity contribution in [2.75, 3.05) is 0 Å². The Bertz CT molecular complexity index is 442. The van der Waals surface area contributed by atoms with Crippen molar-refractivity contribution in [2.24, 2.45) is 5.92 Å². The van der Waals surface area contributed by atoms with Gasteiger partial charge in [-0.2, -0.15) is 0 Å². The van der Waals surface area contributed by atoms with Gasteiger partial charge < -0.3 is 5.32 Å². The molecule has 3 rings (SSSR count). The highest BCUT2D eigenvalue weighted by Gasteiger charge is 2.34. The van der Waals surface area contributed by atoms with E-state index >= 15 is 0 Å². The summed E-state index contributed by atoms with van der Waals surface area (Å²) in [5, 5.41) is 3.63. The molecular formula is C16H21NO. The molecule has 0 aromatic heterocycles. The van der Waals surface area contributed by atoms with Crippen molar-refractivity contribution < 1.29 is 4.79 Å². The summed E-state index contributed by atoms with van der Waals surface area (Å²) in [6, 6.07) is 9.34. The molecule has 2 saturated heterocycles. The third-order valence-electron chi connectivity index (χ3n) is 4.38. The molecule has 0 saturated carbocycles. The second kappa shape index (κ2) is 4.85. The maximum atomic E-state index is 12.3. The van der Waals surface area contributed by atoms with Gasteiger partial charge in [0.25, 0.3) is 0 Å². The van der Waals surface area contributed by atoms with E-state index in [-0.39, 0.29) is 0 Å². The molecule has 2 heteroatoms. The van der Waals surface area contributed by atoms with Crippen molar-refractivity contribution in [1.82, 2.24) is 5.32 Å². The zero-order valence-corrected chi connectivity index (χ0v) is 11.0. The summed E-state index contributed by atoms with van der Waals surface area (Å²) >= 11 is 0. The van der Waals surface area contributed by atoms with Gasteiger partial charge in [0.15, 0.2) is 5.78 Å². The van der Waals surface area contributed by atoms with Crippen molar-refractivity contribution in [3.63, 3.8) is 0 Å². The summed E-state index contributed by atoms with van der Waals surface area (Å²) in [5.41, 5.74) is 2.06. The molecule has 2 unspecified atom stereocenters. The number of carbonyl (C=O) groups is 1. The average molecular weight is 243 g/mol. The maximum Gasteiger partial charge on any atom is 0.163 e. The first-order valence-corrected chi connectivity index (χ1v) is 7.06. The number of hydrogen-bond donors (Lipinski definition) is 1. The quantitative estimate of drug-likeness (QED) is 0.826. The molecule has 2 atom stereocenters. The molecule has 96 valence electrons. The minimum atomic E-state index is 0.324. The third kappa shape index (κ3) is 2.49. The number of nitrogens with one attached hydrogen (secondary N) is 1. The van der Waals surface area contributed by atoms with Crippen LogP contribution in [0.1, 0.15) is 48.0 Å². The Labute approximate surface area is 109 Å². The van der Waals surface area contributed by atoms with E-state index in [1.54, 1.807) is 0 Å². The number of Topliss-reactive ketones (excluding diaryl/α,β-unsaturated/α-hetero) is 1. The van der Waals surface area contributed by atoms with Crippen LogP contribution in [0.4, 0.5) is 0 Å². The molecule has 1 aromatic carbocycles. The molecule has 1 aromatic rings. The van der Waals surface area contributed by atoms with Crippen LogP contribution in [0.5, 0.6) is 0 Å². The fraction of sp³-hybridized carbons (Fsp3) is 0.562. The molecule has 2 aliphatic rings. The Morgan fingerprint density at radius 1 is 1.28 bits per heavy atom. The van der Waals surface area contributed by atoms with Crippen LogP contribution in [0, 0.1) is 12.8 Å². The summed E-state index contributed by atoms with van der Waals surface area (Å²) < 4.78 is 0. The lowest BCUT2D eigenvalue weighted by atomic mass is 9.87. The summed E-state index contributed by atoms with van der Waals surface area (Å²) in [4.78, 5) is 12.3. The lowest BCUT2D eigenvalue weighted by Crippen LogP contribution is -2.38. The van der Waals surface area contributed by atoms with Crippen LogP contribution in [0.3, 0.4) is 0 Å². The van der Waals surface area contributed by atoms with Crippen molar-refractivity contribution >= 4 is 5.78 Å². The zero-order chi connectivity index (χ0) is 12.5. The van der Waals surface area contributed by atoms with Gasteiger partial charge in [-0.1, -0.05) is 23.8 Å². The van der Waals surface area contributed by atoms with Gasteiger partial charge in [0.05, 0.1) is 0 Å². The van der Waals surface area contributed by atoms with Gasteiger partial charge in [-0.3, -0.25) is 4.79 Å². The first-order chi connectivity index (χ1) is 8.70. The molecule has 0 radical (unpaired) electrons. The number of rotatable bonds is 3. The normalized spacial score (nSPS) is 30.4. The summed E-state index contributed by atoms with van der Waals surface area (Å²) in [5.74, 6) is 0.918. The van der Waals surface area contributed by atoms with Gasteiger partial charge in [-0.15, -0.1) is 0 Å². The number of hydrogen-bond acceptors (Lipinski definition) is 2. The van der Waals surface area contributed by atoms with E-state index in [0.29, 0.717) is 23.8 Å². The minimum absolute atomic E-state index is 0.324. The van der Waals surface area contributed by atoms with Gasteiger partial charge in [0.1, 0.15) is 0 Å². The molecule has 0 spiro atoms. The van der Waals surface area contributed by atoms with Crippen LogP contribution in [-0.2, 0) is 0 Å². The number of benzene rings is 1. The molecule has 2 heterocycles. The molecule has 18 heavy (non-hydrogen) atoms. The lowest BCUT2D eigenvalue weighted by Gasteiger charge is -2.28. The van der Waals surface area contributed by atoms with E-state index in [1.165, 1.54) is 31.2 Å². The van der Waals surface area contributed by atoms with E-state index in [2.05, 4.69) is 5.32 Å². The van der Waals surface area contributed by atoms with E-state index in [0.717, 1.165) is 12.0 Å². The SMILES string of the molecule is Cc1cccc(C(=O)CC2CC3CCC(C2)N3)c1. The van der Waals surface area contributed by atoms with E-state index in [9.17, 15) is 4.79 Å². The third-order valence-corrected chi connectivity index (χ3v) is 4.38. The molecule has 0 amide bonds. The number of carbonyl (C=O) groups excluding carboxylic acids is 1. The highest BCUT2D eigenvalue weighted by molar-refractivity contribution is 5.96. The summed E-state index contributed by atoms with van der Waals surface area (Å²) in [7, 11) is 0. The monoisotopic (exact) mass is 243 g/mol. The maximum absolute atomic E-state index is 12.3. The number of fused-ring (bicyclic) bond motifs is 2.